The molecule has 0 aliphatic carbocycles. The van der Waals surface area contributed by atoms with Gasteiger partial charge in [-0.25, -0.2) is 4.39 Å². The van der Waals surface area contributed by atoms with Crippen LogP contribution in [0.25, 0.3) is 11.3 Å². The zero-order chi connectivity index (χ0) is 14.0. The van der Waals surface area contributed by atoms with Crippen LogP contribution in [0.15, 0.2) is 24.4 Å². The summed E-state index contributed by atoms with van der Waals surface area (Å²) in [6.07, 6.45) is 2.39. The smallest absolute Gasteiger partial charge is 0.153 e. The van der Waals surface area contributed by atoms with Crippen LogP contribution < -0.4 is 0 Å². The Morgan fingerprint density at radius 3 is 2.79 bits per heavy atom. The SMILES string of the molecule is Cc1ccc(F)c(-c2nn(CC(C)C)cc2C=O)c1. The average Bonchev–Trinajstić information content (AvgIpc) is 2.74. The number of rotatable bonds is 4. The molecule has 2 rings (SSSR count). The summed E-state index contributed by atoms with van der Waals surface area (Å²) in [4.78, 5) is 11.1. The van der Waals surface area contributed by atoms with Crippen LogP contribution in [0.2, 0.25) is 0 Å². The maximum Gasteiger partial charge on any atom is 0.153 e. The van der Waals surface area contributed by atoms with Gasteiger partial charge < -0.3 is 0 Å². The molecule has 0 saturated heterocycles. The third-order valence-electron chi connectivity index (χ3n) is 2.85. The van der Waals surface area contributed by atoms with Crippen molar-refractivity contribution in [3.8, 4) is 11.3 Å². The van der Waals surface area contributed by atoms with Crippen molar-refractivity contribution >= 4 is 6.29 Å². The number of halogens is 1. The Balaban J connectivity index is 2.51. The van der Waals surface area contributed by atoms with E-state index in [0.29, 0.717) is 29.3 Å². The highest BCUT2D eigenvalue weighted by atomic mass is 19.1. The van der Waals surface area contributed by atoms with E-state index in [1.165, 1.54) is 6.07 Å². The molecule has 1 aromatic heterocycles. The van der Waals surface area contributed by atoms with E-state index in [0.717, 1.165) is 11.8 Å². The number of aryl methyl sites for hydroxylation is 1. The fourth-order valence-electron chi connectivity index (χ4n) is 2.02. The average molecular weight is 260 g/mol. The Hall–Kier alpha value is -1.97. The van der Waals surface area contributed by atoms with Crippen molar-refractivity contribution in [2.24, 2.45) is 5.92 Å². The van der Waals surface area contributed by atoms with E-state index in [1.807, 2.05) is 6.92 Å². The van der Waals surface area contributed by atoms with Crippen LogP contribution in [0.3, 0.4) is 0 Å². The molecule has 0 radical (unpaired) electrons. The highest BCUT2D eigenvalue weighted by Crippen LogP contribution is 2.25. The Labute approximate surface area is 112 Å². The normalized spacial score (nSPS) is 11.0. The van der Waals surface area contributed by atoms with Gasteiger partial charge in [-0.05, 0) is 25.0 Å². The summed E-state index contributed by atoms with van der Waals surface area (Å²) >= 11 is 0. The molecule has 0 aliphatic rings. The first-order chi connectivity index (χ1) is 9.01. The van der Waals surface area contributed by atoms with E-state index in [-0.39, 0.29) is 5.82 Å². The van der Waals surface area contributed by atoms with E-state index >= 15 is 0 Å². The number of carbonyl (C=O) groups excluding carboxylic acids is 1. The van der Waals surface area contributed by atoms with Crippen molar-refractivity contribution in [3.05, 3.63) is 41.3 Å². The molecule has 0 unspecified atom stereocenters. The van der Waals surface area contributed by atoms with Gasteiger partial charge in [-0.3, -0.25) is 9.48 Å². The van der Waals surface area contributed by atoms with Crippen LogP contribution >= 0.6 is 0 Å². The Morgan fingerprint density at radius 2 is 2.16 bits per heavy atom. The molecule has 0 atom stereocenters. The van der Waals surface area contributed by atoms with Crippen molar-refractivity contribution in [2.45, 2.75) is 27.3 Å². The molecule has 3 nitrogen and oxygen atoms in total. The maximum absolute atomic E-state index is 13.9. The van der Waals surface area contributed by atoms with Crippen LogP contribution in [0.5, 0.6) is 0 Å². The summed E-state index contributed by atoms with van der Waals surface area (Å²) in [7, 11) is 0. The highest BCUT2D eigenvalue weighted by Gasteiger charge is 2.15. The summed E-state index contributed by atoms with van der Waals surface area (Å²) < 4.78 is 15.6. The molecule has 100 valence electrons. The number of hydrogen-bond donors (Lipinski definition) is 0. The van der Waals surface area contributed by atoms with Gasteiger partial charge in [0, 0.05) is 18.3 Å². The fraction of sp³-hybridized carbons (Fsp3) is 0.333. The number of hydrogen-bond acceptors (Lipinski definition) is 2. The first-order valence-electron chi connectivity index (χ1n) is 6.30. The van der Waals surface area contributed by atoms with E-state index in [2.05, 4.69) is 18.9 Å². The van der Waals surface area contributed by atoms with E-state index in [1.54, 1.807) is 23.0 Å². The monoisotopic (exact) mass is 260 g/mol. The lowest BCUT2D eigenvalue weighted by molar-refractivity contribution is 0.112. The quantitative estimate of drug-likeness (QED) is 0.789. The second-order valence-corrected chi connectivity index (χ2v) is 5.15. The van der Waals surface area contributed by atoms with Gasteiger partial charge in [-0.2, -0.15) is 5.10 Å². The summed E-state index contributed by atoms with van der Waals surface area (Å²) in [6.45, 7) is 6.72. The topological polar surface area (TPSA) is 34.9 Å². The highest BCUT2D eigenvalue weighted by molar-refractivity contribution is 5.85. The predicted octanol–water partition coefficient (Wildman–Crippen LogP) is 3.47. The molecule has 0 saturated carbocycles. The number of benzene rings is 1. The van der Waals surface area contributed by atoms with Crippen LogP contribution in [-0.4, -0.2) is 16.1 Å². The zero-order valence-corrected chi connectivity index (χ0v) is 11.4. The van der Waals surface area contributed by atoms with Gasteiger partial charge in [0.1, 0.15) is 11.5 Å². The molecule has 19 heavy (non-hydrogen) atoms. The van der Waals surface area contributed by atoms with Crippen LogP contribution in [-0.2, 0) is 6.54 Å². The molecule has 1 heterocycles. The van der Waals surface area contributed by atoms with Gasteiger partial charge in [0.15, 0.2) is 6.29 Å². The summed E-state index contributed by atoms with van der Waals surface area (Å²) in [6, 6.07) is 4.82. The van der Waals surface area contributed by atoms with Gasteiger partial charge in [0.05, 0.1) is 5.56 Å². The summed E-state index contributed by atoms with van der Waals surface area (Å²) in [5.74, 6) is 0.0538. The molecule has 1 aromatic carbocycles. The Bertz CT molecular complexity index is 602. The first-order valence-corrected chi connectivity index (χ1v) is 6.30. The van der Waals surface area contributed by atoms with E-state index < -0.39 is 0 Å². The molecular formula is C15H17FN2O. The van der Waals surface area contributed by atoms with E-state index in [9.17, 15) is 9.18 Å². The molecule has 0 bridgehead atoms. The molecule has 0 spiro atoms. The number of nitrogens with zero attached hydrogens (tertiary/aromatic N) is 2. The van der Waals surface area contributed by atoms with Crippen LogP contribution in [0, 0.1) is 18.7 Å². The predicted molar refractivity (Wildman–Crippen MR) is 72.6 cm³/mol. The van der Waals surface area contributed by atoms with E-state index in [4.69, 9.17) is 0 Å². The number of aromatic nitrogens is 2. The Kier molecular flexibility index (Phi) is 3.79. The maximum atomic E-state index is 13.9. The number of carbonyl (C=O) groups is 1. The lowest BCUT2D eigenvalue weighted by Gasteiger charge is -2.04. The van der Waals surface area contributed by atoms with Crippen LogP contribution in [0.1, 0.15) is 29.8 Å². The van der Waals surface area contributed by atoms with Crippen molar-refractivity contribution < 1.29 is 9.18 Å². The fourth-order valence-corrected chi connectivity index (χ4v) is 2.02. The molecule has 4 heteroatoms. The van der Waals surface area contributed by atoms with Crippen molar-refractivity contribution in [1.82, 2.24) is 9.78 Å². The minimum Gasteiger partial charge on any atom is -0.298 e. The summed E-state index contributed by atoms with van der Waals surface area (Å²) in [5, 5.41) is 4.34. The van der Waals surface area contributed by atoms with Crippen molar-refractivity contribution in [3.63, 3.8) is 0 Å². The molecule has 0 aliphatic heterocycles. The first kappa shape index (κ1) is 13.5. The minimum absolute atomic E-state index is 0.358. The lowest BCUT2D eigenvalue weighted by Crippen LogP contribution is -2.04. The van der Waals surface area contributed by atoms with Gasteiger partial charge in [0.25, 0.3) is 0 Å². The molecular weight excluding hydrogens is 243 g/mol. The largest absolute Gasteiger partial charge is 0.298 e. The molecule has 0 amide bonds. The van der Waals surface area contributed by atoms with Crippen LogP contribution in [0.4, 0.5) is 4.39 Å². The zero-order valence-electron chi connectivity index (χ0n) is 11.4. The second-order valence-electron chi connectivity index (χ2n) is 5.15. The van der Waals surface area contributed by atoms with Crippen molar-refractivity contribution in [2.75, 3.05) is 0 Å². The van der Waals surface area contributed by atoms with Gasteiger partial charge in [-0.1, -0.05) is 25.5 Å². The van der Waals surface area contributed by atoms with Gasteiger partial charge in [0.2, 0.25) is 0 Å². The van der Waals surface area contributed by atoms with Crippen molar-refractivity contribution in [1.29, 1.82) is 0 Å². The molecule has 0 fully saturated rings. The summed E-state index contributed by atoms with van der Waals surface area (Å²) in [5.41, 5.74) is 2.15. The molecule has 0 N–H and O–H groups in total. The third-order valence-corrected chi connectivity index (χ3v) is 2.85. The van der Waals surface area contributed by atoms with Gasteiger partial charge in [-0.15, -0.1) is 0 Å². The lowest BCUT2D eigenvalue weighted by atomic mass is 10.1. The second kappa shape index (κ2) is 5.34. The standard InChI is InChI=1S/C15H17FN2O/c1-10(2)7-18-8-12(9-19)15(17-18)13-6-11(3)4-5-14(13)16/h4-6,8-10H,7H2,1-3H3. The minimum atomic E-state index is -0.358. The van der Waals surface area contributed by atoms with Gasteiger partial charge >= 0.3 is 0 Å². The number of aldehydes is 1. The molecule has 2 aromatic rings. The Morgan fingerprint density at radius 1 is 1.42 bits per heavy atom. The third kappa shape index (κ3) is 2.89.